The van der Waals surface area contributed by atoms with E-state index in [9.17, 15) is 19.5 Å². The van der Waals surface area contributed by atoms with Gasteiger partial charge in [0.25, 0.3) is 11.8 Å². The Kier molecular flexibility index (Phi) is 9.06. The van der Waals surface area contributed by atoms with Crippen LogP contribution in [0.25, 0.3) is 10.9 Å². The molecule has 2 saturated heterocycles. The third-order valence-corrected chi connectivity index (χ3v) is 12.1. The number of hydrogen-bond acceptors (Lipinski definition) is 12. The van der Waals surface area contributed by atoms with E-state index in [0.717, 1.165) is 53.1 Å². The van der Waals surface area contributed by atoms with Crippen molar-refractivity contribution in [1.82, 2.24) is 25.4 Å². The summed E-state index contributed by atoms with van der Waals surface area (Å²) < 4.78 is 18.0. The Balaban J connectivity index is 1.12. The van der Waals surface area contributed by atoms with Crippen LogP contribution in [0.2, 0.25) is 0 Å². The second kappa shape index (κ2) is 13.3. The van der Waals surface area contributed by atoms with Crippen LogP contribution in [0.5, 0.6) is 0 Å². The van der Waals surface area contributed by atoms with E-state index in [1.807, 2.05) is 25.4 Å². The van der Waals surface area contributed by atoms with Crippen molar-refractivity contribution in [3.05, 3.63) is 58.1 Å². The number of carbonyl (C=O) groups excluding carboxylic acids is 2. The molecule has 1 aromatic carbocycles. The molecule has 3 fully saturated rings. The highest BCUT2D eigenvalue weighted by molar-refractivity contribution is 8.01. The quantitative estimate of drug-likeness (QED) is 0.0800. The molecule has 5 N–H and O–H groups in total. The molecule has 0 spiro atoms. The van der Waals surface area contributed by atoms with Gasteiger partial charge in [-0.2, -0.15) is 4.57 Å². The number of thiazole rings is 1. The number of nitrogens with two attached hydrogens (primary N) is 1. The van der Waals surface area contributed by atoms with Crippen LogP contribution >= 0.6 is 34.9 Å². The zero-order valence-electron chi connectivity index (χ0n) is 26.1. The molecule has 5 heterocycles. The predicted octanol–water partition coefficient (Wildman–Crippen LogP) is 2.10. The fourth-order valence-corrected chi connectivity index (χ4v) is 9.44. The van der Waals surface area contributed by atoms with Crippen LogP contribution in [0.3, 0.4) is 0 Å². The number of piperazine rings is 1. The van der Waals surface area contributed by atoms with Crippen LogP contribution in [0.15, 0.2) is 51.1 Å². The number of rotatable bonds is 10. The molecule has 1 aliphatic carbocycles. The molecule has 48 heavy (non-hydrogen) atoms. The minimum atomic E-state index is -1.22. The van der Waals surface area contributed by atoms with E-state index in [-0.39, 0.29) is 34.1 Å². The summed E-state index contributed by atoms with van der Waals surface area (Å²) in [5, 5.41) is 22.0. The Bertz CT molecular complexity index is 1880. The molecule has 3 atom stereocenters. The van der Waals surface area contributed by atoms with Crippen molar-refractivity contribution < 1.29 is 33.3 Å². The van der Waals surface area contributed by atoms with Crippen molar-refractivity contribution in [2.45, 2.75) is 41.2 Å². The number of pyridine rings is 1. The first-order valence-corrected chi connectivity index (χ1v) is 18.3. The van der Waals surface area contributed by atoms with Crippen molar-refractivity contribution in [2.75, 3.05) is 51.0 Å². The molecule has 2 unspecified atom stereocenters. The van der Waals surface area contributed by atoms with E-state index in [4.69, 9.17) is 10.6 Å². The predicted molar refractivity (Wildman–Crippen MR) is 181 cm³/mol. The molecule has 0 radical (unpaired) electrons. The summed E-state index contributed by atoms with van der Waals surface area (Å²) >= 11 is 3.92. The van der Waals surface area contributed by atoms with Crippen molar-refractivity contribution in [1.29, 1.82) is 0 Å². The summed E-state index contributed by atoms with van der Waals surface area (Å²) in [6.07, 6.45) is 4.18. The van der Waals surface area contributed by atoms with Crippen molar-refractivity contribution in [2.24, 2.45) is 5.16 Å². The maximum atomic E-state index is 15.8. The monoisotopic (exact) mass is 713 g/mol. The van der Waals surface area contributed by atoms with Gasteiger partial charge in [0.15, 0.2) is 23.1 Å². The molecule has 7 rings (SSSR count). The second-order valence-electron chi connectivity index (χ2n) is 12.0. The minimum Gasteiger partial charge on any atom is -0.477 e. The van der Waals surface area contributed by atoms with Gasteiger partial charge in [-0.3, -0.25) is 19.4 Å². The number of oxime groups is 1. The first kappa shape index (κ1) is 32.8. The summed E-state index contributed by atoms with van der Waals surface area (Å²) in [5.41, 5.74) is 7.86. The number of hydrogen-bond donors (Lipinski definition) is 4. The van der Waals surface area contributed by atoms with Crippen LogP contribution in [-0.2, 0) is 19.2 Å². The number of carbonyl (C=O) groups is 3. The van der Waals surface area contributed by atoms with Crippen LogP contribution in [-0.4, -0.2) is 100 Å². The number of nitrogens with zero attached hydrogens (tertiary/aromatic N) is 5. The number of aromatic nitrogens is 2. The van der Waals surface area contributed by atoms with Gasteiger partial charge >= 0.3 is 5.97 Å². The van der Waals surface area contributed by atoms with Crippen LogP contribution in [0.4, 0.5) is 9.52 Å². The Morgan fingerprint density at radius 2 is 2.17 bits per heavy atom. The smallest absolute Gasteiger partial charge is 0.352 e. The van der Waals surface area contributed by atoms with Crippen LogP contribution < -0.4 is 20.9 Å². The second-order valence-corrected chi connectivity index (χ2v) is 15.0. The van der Waals surface area contributed by atoms with E-state index < -0.39 is 29.2 Å². The lowest BCUT2D eigenvalue weighted by molar-refractivity contribution is -0.675. The van der Waals surface area contributed by atoms with Crippen molar-refractivity contribution >= 4 is 74.4 Å². The largest absolute Gasteiger partial charge is 0.477 e. The Morgan fingerprint density at radius 3 is 2.85 bits per heavy atom. The van der Waals surface area contributed by atoms with Gasteiger partial charge < -0.3 is 26.3 Å². The molecule has 4 aliphatic rings. The molecule has 2 amide bonds. The number of anilines is 1. The normalized spacial score (nSPS) is 23.2. The fraction of sp³-hybridized carbons (Fsp3) is 0.419. The Hall–Kier alpha value is -3.77. The number of β-lactam (4-membered cyclic amide) rings is 1. The highest BCUT2D eigenvalue weighted by atomic mass is 32.2. The molecule has 3 aliphatic heterocycles. The van der Waals surface area contributed by atoms with Gasteiger partial charge in [-0.1, -0.05) is 5.16 Å². The molecule has 3 aromatic rings. The van der Waals surface area contributed by atoms with E-state index in [1.54, 1.807) is 11.4 Å². The number of nitrogens with one attached hydrogen (secondary N) is 2. The van der Waals surface area contributed by atoms with Gasteiger partial charge in [-0.15, -0.1) is 34.9 Å². The number of thioether (sulfide) groups is 2. The number of carboxylic acids is 1. The fourth-order valence-electron chi connectivity index (χ4n) is 6.37. The number of nitrogen functional groups attached to an aromatic ring is 1. The van der Waals surface area contributed by atoms with E-state index >= 15 is 4.39 Å². The van der Waals surface area contributed by atoms with Gasteiger partial charge in [0, 0.05) is 72.0 Å². The average Bonchev–Trinajstić information content (AvgIpc) is 3.83. The van der Waals surface area contributed by atoms with Crippen LogP contribution in [0.1, 0.15) is 36.2 Å². The van der Waals surface area contributed by atoms with Gasteiger partial charge in [0.1, 0.15) is 35.7 Å². The van der Waals surface area contributed by atoms with Gasteiger partial charge in [0.05, 0.1) is 11.4 Å². The summed E-state index contributed by atoms with van der Waals surface area (Å²) in [4.78, 5) is 52.1. The molecular formula is C31H34FN8O5S3+. The third-order valence-electron chi connectivity index (χ3n) is 8.96. The highest BCUT2D eigenvalue weighted by Crippen LogP contribution is 2.43. The van der Waals surface area contributed by atoms with Gasteiger partial charge in [-0.25, -0.2) is 14.2 Å². The topological polar surface area (TPSA) is 166 Å². The first-order valence-electron chi connectivity index (χ1n) is 15.4. The molecule has 17 heteroatoms. The lowest BCUT2D eigenvalue weighted by atomic mass is 10.0. The minimum absolute atomic E-state index is 0.0739. The Morgan fingerprint density at radius 1 is 1.35 bits per heavy atom. The van der Waals surface area contributed by atoms with Crippen molar-refractivity contribution in [3.8, 4) is 0 Å². The summed E-state index contributed by atoms with van der Waals surface area (Å²) in [5.74, 6) is -2.09. The zero-order valence-corrected chi connectivity index (χ0v) is 28.6. The summed E-state index contributed by atoms with van der Waals surface area (Å²) in [6.45, 7) is 2.37. The molecule has 13 nitrogen and oxygen atoms in total. The van der Waals surface area contributed by atoms with Crippen LogP contribution in [0, 0.1) is 5.82 Å². The molecule has 252 valence electrons. The van der Waals surface area contributed by atoms with E-state index in [1.165, 1.54) is 35.5 Å². The number of benzene rings is 1. The third kappa shape index (κ3) is 6.02. The molecule has 1 saturated carbocycles. The lowest BCUT2D eigenvalue weighted by Crippen LogP contribution is -2.71. The van der Waals surface area contributed by atoms with E-state index in [2.05, 4.69) is 30.2 Å². The number of likely N-dealkylation sites (N-methyl/N-ethyl adjacent to an activating group) is 1. The number of halogens is 1. The molecular weight excluding hydrogens is 680 g/mol. The summed E-state index contributed by atoms with van der Waals surface area (Å²) in [7, 11) is 3.30. The summed E-state index contributed by atoms with van der Waals surface area (Å²) in [6, 6.07) is 4.89. The average molecular weight is 714 g/mol. The zero-order chi connectivity index (χ0) is 33.7. The van der Waals surface area contributed by atoms with Crippen molar-refractivity contribution in [3.63, 3.8) is 0 Å². The number of aliphatic carboxylic acids is 1. The maximum Gasteiger partial charge on any atom is 0.352 e. The Labute approximate surface area is 287 Å². The molecule has 2 aromatic heterocycles. The highest BCUT2D eigenvalue weighted by Gasteiger charge is 2.54. The van der Waals surface area contributed by atoms with Gasteiger partial charge in [0.2, 0.25) is 5.52 Å². The lowest BCUT2D eigenvalue weighted by Gasteiger charge is -2.49. The standard InChI is InChI=1S/C31H33FN8O5S3/c1-38-8-6-34-11-22(38)17-10-21-18(9-19(17)32)23(5-7-39(21)16-3-4-16)46-12-15-13-47-29-25(28(42)40(29)26(15)30(43)44)36-27(41)24(37-45-2)20-14-48-31(33)35-20/h5,7,9-10,14,16,22,25,29,34H,3-4,6,8,11-13H2,1-2H3,(H3-,33,35,36,41,43,44)/p+1/b37-24-/t22?,25?,29-/m1/s1. The number of amides is 2. The number of fused-ring (bicyclic) bond motifs is 2. The maximum absolute atomic E-state index is 15.8. The molecule has 0 bridgehead atoms. The SMILES string of the molecule is CO/N=C(\C(=O)NC1C(=O)N2C(C(=O)O)=C(CSc3cc[n+](C4CC4)c4cc(C5CNCCN5C)c(F)cc34)CS[C@H]12)c1csc(N)n1. The number of carboxylic acid groups (broad SMARTS) is 1. The first-order chi connectivity index (χ1) is 23.2. The van der Waals surface area contributed by atoms with Gasteiger partial charge in [-0.05, 0) is 18.7 Å². The van der Waals surface area contributed by atoms with E-state index in [0.29, 0.717) is 35.2 Å².